The predicted octanol–water partition coefficient (Wildman–Crippen LogP) is 1.67. The third-order valence-electron chi connectivity index (χ3n) is 2.77. The molecule has 0 saturated heterocycles. The molecule has 0 fully saturated rings. The minimum atomic E-state index is -3.45. The molecule has 1 atom stereocenters. The Kier molecular flexibility index (Phi) is 3.59. The summed E-state index contributed by atoms with van der Waals surface area (Å²) >= 11 is 0. The molecule has 1 aromatic rings. The topological polar surface area (TPSA) is 50.3 Å². The predicted molar refractivity (Wildman–Crippen MR) is 65.9 cm³/mol. The molecule has 1 aliphatic heterocycles. The minimum Gasteiger partial charge on any atom is -0.243 e. The average Bonchev–Trinajstić information content (AvgIpc) is 2.55. The van der Waals surface area contributed by atoms with Gasteiger partial charge in [-0.2, -0.15) is 4.31 Å². The first-order valence-corrected chi connectivity index (χ1v) is 7.11. The van der Waals surface area contributed by atoms with Gasteiger partial charge in [0.15, 0.2) is 5.03 Å². The first kappa shape index (κ1) is 12.3. The van der Waals surface area contributed by atoms with Gasteiger partial charge in [-0.3, -0.25) is 0 Å². The van der Waals surface area contributed by atoms with Crippen LogP contribution in [0.25, 0.3) is 0 Å². The van der Waals surface area contributed by atoms with E-state index in [4.69, 9.17) is 0 Å². The molecular weight excluding hydrogens is 236 g/mol. The maximum atomic E-state index is 12.3. The quantitative estimate of drug-likeness (QED) is 0.752. The second-order valence-electron chi connectivity index (χ2n) is 4.30. The SMILES string of the molecule is C[C@H]1CC=CCN(S(=O)(=O)c2ccccn2)C1. The van der Waals surface area contributed by atoms with Crippen LogP contribution in [0.4, 0.5) is 0 Å². The lowest BCUT2D eigenvalue weighted by atomic mass is 10.1. The summed E-state index contributed by atoms with van der Waals surface area (Å²) in [4.78, 5) is 3.93. The zero-order valence-electron chi connectivity index (χ0n) is 9.78. The summed E-state index contributed by atoms with van der Waals surface area (Å²) in [5.41, 5.74) is 0. The second kappa shape index (κ2) is 4.98. The monoisotopic (exact) mass is 252 g/mol. The highest BCUT2D eigenvalue weighted by Crippen LogP contribution is 2.18. The molecule has 0 radical (unpaired) electrons. The van der Waals surface area contributed by atoms with Gasteiger partial charge in [0.2, 0.25) is 0 Å². The van der Waals surface area contributed by atoms with Gasteiger partial charge in [0.1, 0.15) is 0 Å². The molecule has 2 heterocycles. The summed E-state index contributed by atoms with van der Waals surface area (Å²) in [7, 11) is -3.45. The molecule has 1 aromatic heterocycles. The van der Waals surface area contributed by atoms with Crippen molar-refractivity contribution >= 4 is 10.0 Å². The minimum absolute atomic E-state index is 0.127. The van der Waals surface area contributed by atoms with Crippen LogP contribution in [-0.4, -0.2) is 30.8 Å². The van der Waals surface area contributed by atoms with E-state index in [1.165, 1.54) is 16.6 Å². The maximum absolute atomic E-state index is 12.3. The van der Waals surface area contributed by atoms with Gasteiger partial charge in [-0.15, -0.1) is 0 Å². The Labute approximate surface area is 102 Å². The first-order valence-electron chi connectivity index (χ1n) is 5.67. The molecule has 92 valence electrons. The highest BCUT2D eigenvalue weighted by Gasteiger charge is 2.26. The van der Waals surface area contributed by atoms with Crippen molar-refractivity contribution < 1.29 is 8.42 Å². The van der Waals surface area contributed by atoms with E-state index < -0.39 is 10.0 Å². The number of hydrogen-bond acceptors (Lipinski definition) is 3. The fourth-order valence-corrected chi connectivity index (χ4v) is 3.29. The van der Waals surface area contributed by atoms with E-state index in [1.54, 1.807) is 12.1 Å². The lowest BCUT2D eigenvalue weighted by molar-refractivity contribution is 0.387. The summed E-state index contributed by atoms with van der Waals surface area (Å²) in [6, 6.07) is 4.94. The zero-order chi connectivity index (χ0) is 12.3. The average molecular weight is 252 g/mol. The van der Waals surface area contributed by atoms with Crippen molar-refractivity contribution in [2.24, 2.45) is 5.92 Å². The summed E-state index contributed by atoms with van der Waals surface area (Å²) in [6.45, 7) is 3.03. The third kappa shape index (κ3) is 2.73. The molecule has 2 rings (SSSR count). The first-order chi connectivity index (χ1) is 8.10. The van der Waals surface area contributed by atoms with Crippen LogP contribution in [-0.2, 0) is 10.0 Å². The largest absolute Gasteiger partial charge is 0.260 e. The van der Waals surface area contributed by atoms with Crippen molar-refractivity contribution in [1.29, 1.82) is 0 Å². The Hall–Kier alpha value is -1.20. The summed E-state index contributed by atoms with van der Waals surface area (Å²) in [5, 5.41) is 0.127. The van der Waals surface area contributed by atoms with E-state index in [9.17, 15) is 8.42 Å². The van der Waals surface area contributed by atoms with Crippen LogP contribution >= 0.6 is 0 Å². The van der Waals surface area contributed by atoms with Crippen LogP contribution in [0.2, 0.25) is 0 Å². The van der Waals surface area contributed by atoms with Gasteiger partial charge < -0.3 is 0 Å². The van der Waals surface area contributed by atoms with E-state index >= 15 is 0 Å². The Balaban J connectivity index is 2.29. The van der Waals surface area contributed by atoms with Gasteiger partial charge in [-0.05, 0) is 24.5 Å². The molecule has 17 heavy (non-hydrogen) atoms. The van der Waals surface area contributed by atoms with Crippen LogP contribution < -0.4 is 0 Å². The summed E-state index contributed by atoms with van der Waals surface area (Å²) < 4.78 is 26.1. The van der Waals surface area contributed by atoms with Gasteiger partial charge in [-0.25, -0.2) is 13.4 Å². The smallest absolute Gasteiger partial charge is 0.243 e. The highest BCUT2D eigenvalue weighted by atomic mass is 32.2. The number of nitrogens with zero attached hydrogens (tertiary/aromatic N) is 2. The Morgan fingerprint density at radius 3 is 2.88 bits per heavy atom. The molecule has 0 aliphatic carbocycles. The van der Waals surface area contributed by atoms with Gasteiger partial charge in [0, 0.05) is 19.3 Å². The van der Waals surface area contributed by atoms with E-state index in [1.807, 2.05) is 12.2 Å². The Bertz CT molecular complexity index is 496. The molecule has 0 unspecified atom stereocenters. The molecule has 0 spiro atoms. The maximum Gasteiger partial charge on any atom is 0.260 e. The standard InChI is InChI=1S/C12H16N2O2S/c1-11-6-3-5-9-14(10-11)17(15,16)12-7-2-4-8-13-12/h2-5,7-8,11H,6,9-10H2,1H3/t11-/m0/s1. The Morgan fingerprint density at radius 1 is 1.35 bits per heavy atom. The van der Waals surface area contributed by atoms with Crippen molar-refractivity contribution in [3.8, 4) is 0 Å². The number of rotatable bonds is 2. The Morgan fingerprint density at radius 2 is 2.18 bits per heavy atom. The van der Waals surface area contributed by atoms with Crippen molar-refractivity contribution in [3.05, 3.63) is 36.5 Å². The molecule has 1 aliphatic rings. The second-order valence-corrected chi connectivity index (χ2v) is 6.19. The van der Waals surface area contributed by atoms with Crippen LogP contribution in [0.5, 0.6) is 0 Å². The van der Waals surface area contributed by atoms with Gasteiger partial charge >= 0.3 is 0 Å². The van der Waals surface area contributed by atoms with E-state index in [2.05, 4.69) is 11.9 Å². The molecule has 0 bridgehead atoms. The summed E-state index contributed by atoms with van der Waals surface area (Å²) in [5.74, 6) is 0.340. The zero-order valence-corrected chi connectivity index (χ0v) is 10.6. The molecule has 0 N–H and O–H groups in total. The highest BCUT2D eigenvalue weighted by molar-refractivity contribution is 7.89. The molecule has 5 heteroatoms. The number of aromatic nitrogens is 1. The van der Waals surface area contributed by atoms with Crippen molar-refractivity contribution in [2.45, 2.75) is 18.4 Å². The normalized spacial score (nSPS) is 22.3. The van der Waals surface area contributed by atoms with Crippen LogP contribution in [0.1, 0.15) is 13.3 Å². The van der Waals surface area contributed by atoms with Gasteiger partial charge in [0.25, 0.3) is 10.0 Å². The number of hydrogen-bond donors (Lipinski definition) is 0. The fourth-order valence-electron chi connectivity index (χ4n) is 1.85. The third-order valence-corrected chi connectivity index (χ3v) is 4.52. The van der Waals surface area contributed by atoms with Crippen molar-refractivity contribution in [3.63, 3.8) is 0 Å². The van der Waals surface area contributed by atoms with E-state index in [0.29, 0.717) is 19.0 Å². The van der Waals surface area contributed by atoms with Crippen LogP contribution in [0.3, 0.4) is 0 Å². The number of sulfonamides is 1. The van der Waals surface area contributed by atoms with E-state index in [0.717, 1.165) is 6.42 Å². The van der Waals surface area contributed by atoms with Crippen molar-refractivity contribution in [2.75, 3.05) is 13.1 Å². The molecule has 0 saturated carbocycles. The lowest BCUT2D eigenvalue weighted by Gasteiger charge is -2.21. The molecule has 0 aromatic carbocycles. The summed E-state index contributed by atoms with van der Waals surface area (Å²) in [6.07, 6.45) is 6.38. The van der Waals surface area contributed by atoms with Crippen LogP contribution in [0.15, 0.2) is 41.6 Å². The van der Waals surface area contributed by atoms with Gasteiger partial charge in [0.05, 0.1) is 0 Å². The number of allylic oxidation sites excluding steroid dienone is 1. The van der Waals surface area contributed by atoms with E-state index in [-0.39, 0.29) is 5.03 Å². The molecular formula is C12H16N2O2S. The van der Waals surface area contributed by atoms with Crippen LogP contribution in [0, 0.1) is 5.92 Å². The lowest BCUT2D eigenvalue weighted by Crippen LogP contribution is -2.34. The number of pyridine rings is 1. The molecule has 4 nitrogen and oxygen atoms in total. The van der Waals surface area contributed by atoms with Gasteiger partial charge in [-0.1, -0.05) is 25.1 Å². The molecule has 0 amide bonds. The fraction of sp³-hybridized carbons (Fsp3) is 0.417. The van der Waals surface area contributed by atoms with Crippen molar-refractivity contribution in [1.82, 2.24) is 9.29 Å².